The summed E-state index contributed by atoms with van der Waals surface area (Å²) in [5, 5.41) is 3.05. The standard InChI is InChI=1S/C25H33BrN2O2S/c1-5-22(24(30)27-25(2,3)4)28(16-15-19-9-7-6-8-10-19)23(29)18-31-17-20-11-13-21(26)14-12-20/h6-14,22H,5,15-18H2,1-4H3,(H,27,30)/t22-/m0/s1. The molecule has 6 heteroatoms. The summed E-state index contributed by atoms with van der Waals surface area (Å²) in [6.45, 7) is 8.37. The highest BCUT2D eigenvalue weighted by atomic mass is 79.9. The summed E-state index contributed by atoms with van der Waals surface area (Å²) in [6.07, 6.45) is 1.31. The molecule has 168 valence electrons. The molecule has 4 nitrogen and oxygen atoms in total. The Morgan fingerprint density at radius 3 is 2.26 bits per heavy atom. The summed E-state index contributed by atoms with van der Waals surface area (Å²) in [5.41, 5.74) is 2.00. The monoisotopic (exact) mass is 504 g/mol. The molecule has 0 heterocycles. The molecule has 0 spiro atoms. The lowest BCUT2D eigenvalue weighted by Gasteiger charge is -2.33. The third kappa shape index (κ3) is 9.08. The van der Waals surface area contributed by atoms with Gasteiger partial charge in [-0.05, 0) is 56.9 Å². The molecule has 0 unspecified atom stereocenters. The molecule has 0 saturated heterocycles. The summed E-state index contributed by atoms with van der Waals surface area (Å²) in [4.78, 5) is 27.9. The second kappa shape index (κ2) is 12.3. The van der Waals surface area contributed by atoms with Gasteiger partial charge in [0.05, 0.1) is 5.75 Å². The summed E-state index contributed by atoms with van der Waals surface area (Å²) in [7, 11) is 0. The number of thioether (sulfide) groups is 1. The molecular weight excluding hydrogens is 472 g/mol. The van der Waals surface area contributed by atoms with E-state index >= 15 is 0 Å². The number of halogens is 1. The van der Waals surface area contributed by atoms with E-state index in [1.807, 2.05) is 58.0 Å². The Morgan fingerprint density at radius 2 is 1.68 bits per heavy atom. The number of amides is 2. The predicted octanol–water partition coefficient (Wildman–Crippen LogP) is 5.45. The van der Waals surface area contributed by atoms with Gasteiger partial charge in [0.1, 0.15) is 6.04 Å². The highest BCUT2D eigenvalue weighted by Crippen LogP contribution is 2.18. The molecule has 1 N–H and O–H groups in total. The fourth-order valence-corrected chi connectivity index (χ4v) is 4.40. The highest BCUT2D eigenvalue weighted by Gasteiger charge is 2.30. The third-order valence-corrected chi connectivity index (χ3v) is 6.29. The van der Waals surface area contributed by atoms with E-state index in [1.54, 1.807) is 16.7 Å². The minimum atomic E-state index is -0.469. The Labute approximate surface area is 199 Å². The number of rotatable bonds is 10. The van der Waals surface area contributed by atoms with Crippen molar-refractivity contribution in [2.24, 2.45) is 0 Å². The summed E-state index contributed by atoms with van der Waals surface area (Å²) in [6, 6.07) is 17.8. The quantitative estimate of drug-likeness (QED) is 0.468. The molecule has 0 saturated carbocycles. The smallest absolute Gasteiger partial charge is 0.243 e. The Balaban J connectivity index is 2.07. The molecule has 0 aliphatic carbocycles. The van der Waals surface area contributed by atoms with Crippen LogP contribution in [0.2, 0.25) is 0 Å². The van der Waals surface area contributed by atoms with Crippen LogP contribution < -0.4 is 5.32 Å². The lowest BCUT2D eigenvalue weighted by molar-refractivity contribution is -0.139. The molecule has 2 aromatic rings. The van der Waals surface area contributed by atoms with E-state index in [-0.39, 0.29) is 17.4 Å². The lowest BCUT2D eigenvalue weighted by Crippen LogP contribution is -2.54. The average Bonchev–Trinajstić information content (AvgIpc) is 2.71. The van der Waals surface area contributed by atoms with Crippen LogP contribution >= 0.6 is 27.7 Å². The fraction of sp³-hybridized carbons (Fsp3) is 0.440. The van der Waals surface area contributed by atoms with Crippen LogP contribution in [0, 0.1) is 0 Å². The maximum atomic E-state index is 13.2. The summed E-state index contributed by atoms with van der Waals surface area (Å²) >= 11 is 5.03. The Hall–Kier alpha value is -1.79. The molecule has 31 heavy (non-hydrogen) atoms. The first-order valence-electron chi connectivity index (χ1n) is 10.7. The van der Waals surface area contributed by atoms with Crippen LogP contribution in [0.1, 0.15) is 45.2 Å². The van der Waals surface area contributed by atoms with Crippen molar-refractivity contribution in [3.8, 4) is 0 Å². The van der Waals surface area contributed by atoms with Gasteiger partial charge in [-0.15, -0.1) is 11.8 Å². The van der Waals surface area contributed by atoms with Gasteiger partial charge in [-0.25, -0.2) is 0 Å². The van der Waals surface area contributed by atoms with Crippen LogP contribution in [0.15, 0.2) is 59.1 Å². The van der Waals surface area contributed by atoms with E-state index in [1.165, 1.54) is 5.56 Å². The van der Waals surface area contributed by atoms with Gasteiger partial charge in [-0.1, -0.05) is 65.3 Å². The number of nitrogens with zero attached hydrogens (tertiary/aromatic N) is 1. The van der Waals surface area contributed by atoms with E-state index < -0.39 is 6.04 Å². The number of hydrogen-bond acceptors (Lipinski definition) is 3. The average molecular weight is 506 g/mol. The Kier molecular flexibility index (Phi) is 10.1. The first-order chi connectivity index (χ1) is 14.7. The molecule has 2 aromatic carbocycles. The van der Waals surface area contributed by atoms with E-state index in [4.69, 9.17) is 0 Å². The lowest BCUT2D eigenvalue weighted by atomic mass is 10.1. The second-order valence-corrected chi connectivity index (χ2v) is 10.5. The first kappa shape index (κ1) is 25.5. The largest absolute Gasteiger partial charge is 0.350 e. The minimum Gasteiger partial charge on any atom is -0.350 e. The van der Waals surface area contributed by atoms with Crippen molar-refractivity contribution in [1.82, 2.24) is 10.2 Å². The molecule has 0 aromatic heterocycles. The van der Waals surface area contributed by atoms with Gasteiger partial charge in [0.15, 0.2) is 0 Å². The van der Waals surface area contributed by atoms with Crippen LogP contribution in [0.3, 0.4) is 0 Å². The molecule has 0 bridgehead atoms. The zero-order valence-electron chi connectivity index (χ0n) is 18.9. The van der Waals surface area contributed by atoms with Crippen molar-refractivity contribution >= 4 is 39.5 Å². The SMILES string of the molecule is CC[C@@H](C(=O)NC(C)(C)C)N(CCc1ccccc1)C(=O)CSCc1ccc(Br)cc1. The maximum Gasteiger partial charge on any atom is 0.243 e. The number of hydrogen-bond donors (Lipinski definition) is 1. The zero-order valence-corrected chi connectivity index (χ0v) is 21.3. The zero-order chi connectivity index (χ0) is 22.9. The third-order valence-electron chi connectivity index (χ3n) is 4.78. The van der Waals surface area contributed by atoms with Gasteiger partial charge >= 0.3 is 0 Å². The molecule has 0 aliphatic heterocycles. The topological polar surface area (TPSA) is 49.4 Å². The normalized spacial score (nSPS) is 12.3. The van der Waals surface area contributed by atoms with Gasteiger partial charge < -0.3 is 10.2 Å². The maximum absolute atomic E-state index is 13.2. The van der Waals surface area contributed by atoms with Crippen molar-refractivity contribution in [1.29, 1.82) is 0 Å². The van der Waals surface area contributed by atoms with Crippen LogP contribution in [0.5, 0.6) is 0 Å². The summed E-state index contributed by atoms with van der Waals surface area (Å²) in [5.74, 6) is 1.03. The van der Waals surface area contributed by atoms with Gasteiger partial charge in [0.2, 0.25) is 11.8 Å². The number of nitrogens with one attached hydrogen (secondary N) is 1. The second-order valence-electron chi connectivity index (χ2n) is 8.61. The Bertz CT molecular complexity index is 835. The number of benzene rings is 2. The molecular formula is C25H33BrN2O2S. The molecule has 2 amide bonds. The molecule has 0 radical (unpaired) electrons. The highest BCUT2D eigenvalue weighted by molar-refractivity contribution is 9.10. The van der Waals surface area contributed by atoms with Crippen LogP contribution in [-0.4, -0.2) is 40.6 Å². The first-order valence-corrected chi connectivity index (χ1v) is 12.6. The fourth-order valence-electron chi connectivity index (χ4n) is 3.27. The van der Waals surface area contributed by atoms with Crippen molar-refractivity contribution in [2.75, 3.05) is 12.3 Å². The van der Waals surface area contributed by atoms with E-state index in [0.717, 1.165) is 22.2 Å². The molecule has 0 aliphatic rings. The molecule has 1 atom stereocenters. The van der Waals surface area contributed by atoms with E-state index in [2.05, 4.69) is 45.5 Å². The van der Waals surface area contributed by atoms with Gasteiger partial charge in [-0.2, -0.15) is 0 Å². The van der Waals surface area contributed by atoms with Crippen molar-refractivity contribution in [3.63, 3.8) is 0 Å². The van der Waals surface area contributed by atoms with Crippen LogP contribution in [0.4, 0.5) is 0 Å². The Morgan fingerprint density at radius 1 is 1.03 bits per heavy atom. The van der Waals surface area contributed by atoms with Crippen molar-refractivity contribution in [3.05, 3.63) is 70.2 Å². The number of carbonyl (C=O) groups is 2. The van der Waals surface area contributed by atoms with Gasteiger partial charge in [-0.3, -0.25) is 9.59 Å². The minimum absolute atomic E-state index is 0.00829. The van der Waals surface area contributed by atoms with Crippen molar-refractivity contribution < 1.29 is 9.59 Å². The molecule has 0 fully saturated rings. The summed E-state index contributed by atoms with van der Waals surface area (Å²) < 4.78 is 1.04. The number of carbonyl (C=O) groups excluding carboxylic acids is 2. The van der Waals surface area contributed by atoms with Gasteiger partial charge in [0, 0.05) is 22.3 Å². The van der Waals surface area contributed by atoms with Gasteiger partial charge in [0.25, 0.3) is 0 Å². The van der Waals surface area contributed by atoms with Crippen LogP contribution in [-0.2, 0) is 21.8 Å². The van der Waals surface area contributed by atoms with Crippen LogP contribution in [0.25, 0.3) is 0 Å². The van der Waals surface area contributed by atoms with E-state index in [9.17, 15) is 9.59 Å². The predicted molar refractivity (Wildman–Crippen MR) is 134 cm³/mol. The molecule has 2 rings (SSSR count). The van der Waals surface area contributed by atoms with E-state index in [0.29, 0.717) is 18.7 Å². The van der Waals surface area contributed by atoms with Crippen molar-refractivity contribution in [2.45, 2.75) is 57.9 Å².